The van der Waals surface area contributed by atoms with E-state index in [-0.39, 0.29) is 0 Å². The summed E-state index contributed by atoms with van der Waals surface area (Å²) < 4.78 is 1.94. The molecule has 5 rings (SSSR count). The Morgan fingerprint density at radius 3 is 2.83 bits per heavy atom. The Morgan fingerprint density at radius 2 is 2.03 bits per heavy atom. The van der Waals surface area contributed by atoms with Crippen molar-refractivity contribution in [2.45, 2.75) is 13.3 Å². The van der Waals surface area contributed by atoms with E-state index in [9.17, 15) is 0 Å². The highest BCUT2D eigenvalue weighted by atomic mass is 35.5. The number of pyridine rings is 2. The van der Waals surface area contributed by atoms with Gasteiger partial charge in [0.15, 0.2) is 5.65 Å². The molecule has 0 saturated carbocycles. The van der Waals surface area contributed by atoms with Gasteiger partial charge in [0.05, 0.1) is 22.8 Å². The van der Waals surface area contributed by atoms with E-state index in [1.165, 1.54) is 0 Å². The Bertz CT molecular complexity index is 1320. The molecule has 30 heavy (non-hydrogen) atoms. The van der Waals surface area contributed by atoms with Gasteiger partial charge in [0.25, 0.3) is 0 Å². The van der Waals surface area contributed by atoms with Gasteiger partial charge in [0.1, 0.15) is 11.6 Å². The fraction of sp³-hybridized carbons (Fsp3) is 0.100. The van der Waals surface area contributed by atoms with Crippen molar-refractivity contribution in [3.8, 4) is 11.3 Å². The minimum atomic E-state index is 0.479. The minimum Gasteiger partial charge on any atom is -0.309 e. The molecule has 0 saturated heterocycles. The molecule has 0 spiro atoms. The molecule has 0 atom stereocenters. The van der Waals surface area contributed by atoms with E-state index in [2.05, 4.69) is 40.7 Å². The van der Waals surface area contributed by atoms with Gasteiger partial charge in [-0.25, -0.2) is 9.97 Å². The second-order valence-corrected chi connectivity index (χ2v) is 7.15. The van der Waals surface area contributed by atoms with Crippen molar-refractivity contribution in [3.05, 3.63) is 77.2 Å². The highest BCUT2D eigenvalue weighted by Gasteiger charge is 2.10. The van der Waals surface area contributed by atoms with Crippen LogP contribution in [0.25, 0.3) is 16.9 Å². The fourth-order valence-corrected chi connectivity index (χ4v) is 3.19. The molecule has 0 radical (unpaired) electrons. The molecule has 5 aromatic heterocycles. The van der Waals surface area contributed by atoms with Crippen LogP contribution in [0.3, 0.4) is 0 Å². The average Bonchev–Trinajstić information content (AvgIpc) is 3.35. The maximum Gasteiger partial charge on any atom is 0.228 e. The number of hydrogen-bond donors (Lipinski definition) is 2. The second kappa shape index (κ2) is 7.53. The molecule has 0 aromatic carbocycles. The van der Waals surface area contributed by atoms with Gasteiger partial charge in [-0.1, -0.05) is 11.6 Å². The summed E-state index contributed by atoms with van der Waals surface area (Å²) in [7, 11) is 0. The first kappa shape index (κ1) is 18.2. The summed E-state index contributed by atoms with van der Waals surface area (Å²) in [6.07, 6.45) is 5.83. The van der Waals surface area contributed by atoms with E-state index in [1.807, 2.05) is 53.9 Å². The summed E-state index contributed by atoms with van der Waals surface area (Å²) in [5.74, 6) is 2.01. The quantitative estimate of drug-likeness (QED) is 0.449. The molecule has 0 aliphatic rings. The number of aromatic amines is 1. The molecule has 0 fully saturated rings. The molecule has 0 aliphatic heterocycles. The van der Waals surface area contributed by atoms with Crippen LogP contribution in [0.2, 0.25) is 5.02 Å². The first-order valence-corrected chi connectivity index (χ1v) is 9.58. The van der Waals surface area contributed by atoms with E-state index >= 15 is 0 Å². The van der Waals surface area contributed by atoms with Gasteiger partial charge in [0, 0.05) is 35.9 Å². The van der Waals surface area contributed by atoms with Crippen molar-refractivity contribution in [1.82, 2.24) is 39.7 Å². The van der Waals surface area contributed by atoms with Gasteiger partial charge in [-0.15, -0.1) is 10.2 Å². The molecule has 9 nitrogen and oxygen atoms in total. The number of H-pyrrole nitrogens is 1. The van der Waals surface area contributed by atoms with Crippen molar-refractivity contribution in [1.29, 1.82) is 0 Å². The smallest absolute Gasteiger partial charge is 0.228 e. The number of halogens is 1. The van der Waals surface area contributed by atoms with Gasteiger partial charge < -0.3 is 5.32 Å². The molecule has 148 valence electrons. The summed E-state index contributed by atoms with van der Waals surface area (Å²) in [5.41, 5.74) is 4.18. The van der Waals surface area contributed by atoms with Crippen molar-refractivity contribution in [2.24, 2.45) is 0 Å². The average molecular weight is 418 g/mol. The summed E-state index contributed by atoms with van der Waals surface area (Å²) in [6, 6.07) is 11.4. The molecule has 0 bridgehead atoms. The van der Waals surface area contributed by atoms with Crippen LogP contribution in [0.5, 0.6) is 0 Å². The van der Waals surface area contributed by atoms with Crippen LogP contribution >= 0.6 is 11.6 Å². The lowest BCUT2D eigenvalue weighted by Crippen LogP contribution is -1.99. The van der Waals surface area contributed by atoms with Crippen molar-refractivity contribution in [3.63, 3.8) is 0 Å². The number of fused-ring (bicyclic) bond motifs is 1. The zero-order chi connectivity index (χ0) is 20.5. The molecular formula is C20H16ClN9. The molecular weight excluding hydrogens is 402 g/mol. The lowest BCUT2D eigenvalue weighted by Gasteiger charge is -2.06. The third kappa shape index (κ3) is 3.70. The maximum absolute atomic E-state index is 5.91. The van der Waals surface area contributed by atoms with E-state index < -0.39 is 0 Å². The van der Waals surface area contributed by atoms with Gasteiger partial charge in [0.2, 0.25) is 5.95 Å². The zero-order valence-electron chi connectivity index (χ0n) is 15.9. The van der Waals surface area contributed by atoms with Crippen LogP contribution in [-0.2, 0) is 6.42 Å². The molecule has 10 heteroatoms. The van der Waals surface area contributed by atoms with Crippen molar-refractivity contribution < 1.29 is 0 Å². The lowest BCUT2D eigenvalue weighted by molar-refractivity contribution is 0.909. The predicted molar refractivity (Wildman–Crippen MR) is 113 cm³/mol. The largest absolute Gasteiger partial charge is 0.309 e. The van der Waals surface area contributed by atoms with Gasteiger partial charge in [-0.2, -0.15) is 5.10 Å². The monoisotopic (exact) mass is 417 g/mol. The van der Waals surface area contributed by atoms with Crippen LogP contribution in [0.4, 0.5) is 11.8 Å². The molecule has 2 N–H and O–H groups in total. The Kier molecular flexibility index (Phi) is 4.56. The second-order valence-electron chi connectivity index (χ2n) is 6.72. The highest BCUT2D eigenvalue weighted by Crippen LogP contribution is 2.21. The zero-order valence-corrected chi connectivity index (χ0v) is 16.7. The standard InChI is InChI=1S/C20H16ClN9/c1-12-8-17(27-26-12)25-20-22-6-4-16(24-20)13-5-7-30-18(9-13)28-29-19(30)10-15-3-2-14(21)11-23-15/h2-9,11H,10H2,1H3,(H2,22,24,25,26,27). The van der Waals surface area contributed by atoms with Crippen LogP contribution in [0.15, 0.2) is 55.0 Å². The Balaban J connectivity index is 1.41. The number of nitrogens with zero attached hydrogens (tertiary/aromatic N) is 7. The molecule has 0 unspecified atom stereocenters. The fourth-order valence-electron chi connectivity index (χ4n) is 3.08. The molecule has 5 aromatic rings. The summed E-state index contributed by atoms with van der Waals surface area (Å²) in [5, 5.41) is 19.3. The summed E-state index contributed by atoms with van der Waals surface area (Å²) in [4.78, 5) is 13.2. The number of anilines is 2. The molecule has 0 amide bonds. The number of aryl methyl sites for hydroxylation is 1. The summed E-state index contributed by atoms with van der Waals surface area (Å²) in [6.45, 7) is 1.91. The van der Waals surface area contributed by atoms with Crippen LogP contribution in [0, 0.1) is 6.92 Å². The first-order valence-electron chi connectivity index (χ1n) is 9.20. The Labute approximate surface area is 176 Å². The third-order valence-corrected chi connectivity index (χ3v) is 4.74. The predicted octanol–water partition coefficient (Wildman–Crippen LogP) is 3.60. The Morgan fingerprint density at radius 1 is 1.10 bits per heavy atom. The van der Waals surface area contributed by atoms with E-state index in [0.29, 0.717) is 17.4 Å². The third-order valence-electron chi connectivity index (χ3n) is 4.51. The van der Waals surface area contributed by atoms with Crippen molar-refractivity contribution >= 4 is 29.0 Å². The summed E-state index contributed by atoms with van der Waals surface area (Å²) >= 11 is 5.91. The first-order chi connectivity index (χ1) is 14.6. The molecule has 0 aliphatic carbocycles. The topological polar surface area (TPSA) is 110 Å². The lowest BCUT2D eigenvalue weighted by atomic mass is 10.2. The molecule has 5 heterocycles. The van der Waals surface area contributed by atoms with E-state index in [1.54, 1.807) is 12.4 Å². The Hall–Kier alpha value is -3.85. The number of hydrogen-bond acceptors (Lipinski definition) is 7. The van der Waals surface area contributed by atoms with Crippen molar-refractivity contribution in [2.75, 3.05) is 5.32 Å². The van der Waals surface area contributed by atoms with Gasteiger partial charge in [-0.3, -0.25) is 14.5 Å². The minimum absolute atomic E-state index is 0.479. The van der Waals surface area contributed by atoms with Crippen LogP contribution in [0.1, 0.15) is 17.2 Å². The highest BCUT2D eigenvalue weighted by molar-refractivity contribution is 6.30. The van der Waals surface area contributed by atoms with E-state index in [0.717, 1.165) is 39.9 Å². The normalized spacial score (nSPS) is 11.1. The van der Waals surface area contributed by atoms with Crippen LogP contribution in [-0.4, -0.2) is 39.7 Å². The number of aromatic nitrogens is 8. The van der Waals surface area contributed by atoms with E-state index in [4.69, 9.17) is 11.6 Å². The van der Waals surface area contributed by atoms with Crippen LogP contribution < -0.4 is 5.32 Å². The van der Waals surface area contributed by atoms with Gasteiger partial charge in [-0.05, 0) is 37.3 Å². The maximum atomic E-state index is 5.91. The number of rotatable bonds is 5. The SMILES string of the molecule is Cc1cc(Nc2nccc(-c3ccn4c(Cc5ccc(Cl)cn5)nnc4c3)n2)[nH]n1. The van der Waals surface area contributed by atoms with Gasteiger partial charge >= 0.3 is 0 Å². The number of nitrogens with one attached hydrogen (secondary N) is 2.